The van der Waals surface area contributed by atoms with Crippen LogP contribution in [0.1, 0.15) is 62.7 Å². The van der Waals surface area contributed by atoms with Crippen molar-refractivity contribution in [1.29, 1.82) is 0 Å². The Labute approximate surface area is 294 Å². The summed E-state index contributed by atoms with van der Waals surface area (Å²) in [6.07, 6.45) is 4.15. The Morgan fingerprint density at radius 1 is 0.907 bits per heavy atom. The number of hydrogen-bond donors (Lipinski definition) is 1. The molecule has 8 nitrogen and oxygen atoms in total. The van der Waals surface area contributed by atoms with Gasteiger partial charge in [0.05, 0.1) is 17.5 Å². The second-order valence-electron chi connectivity index (χ2n) is 10.4. The first-order valence-electron chi connectivity index (χ1n) is 14.5. The number of aromatic amines is 1. The van der Waals surface area contributed by atoms with Crippen molar-refractivity contribution in [3.63, 3.8) is 0 Å². The van der Waals surface area contributed by atoms with Crippen molar-refractivity contribution in [3.05, 3.63) is 116 Å². The van der Waals surface area contributed by atoms with E-state index in [1.807, 2.05) is 79.7 Å². The molecule has 0 bridgehead atoms. The van der Waals surface area contributed by atoms with Crippen LogP contribution in [0, 0.1) is 6.92 Å². The average molecular weight is 604 g/mol. The van der Waals surface area contributed by atoms with E-state index >= 15 is 0 Å². The Morgan fingerprint density at radius 3 is 2.19 bits per heavy atom. The molecule has 0 fully saturated rings. The number of aryl methyl sites for hydroxylation is 2. The predicted octanol–water partition coefficient (Wildman–Crippen LogP) is 6.28. The van der Waals surface area contributed by atoms with E-state index in [1.54, 1.807) is 4.57 Å². The smallest absolute Gasteiger partial charge is 0.439 e. The van der Waals surface area contributed by atoms with E-state index in [9.17, 15) is 9.59 Å². The molecular weight excluding hydrogens is 567 g/mol. The fraction of sp³-hybridized carbons (Fsp3) is 0.294. The van der Waals surface area contributed by atoms with E-state index in [2.05, 4.69) is 30.9 Å². The second-order valence-corrected chi connectivity index (χ2v) is 10.4. The summed E-state index contributed by atoms with van der Waals surface area (Å²) in [6.45, 7) is 8.21. The van der Waals surface area contributed by atoms with Crippen LogP contribution in [0.25, 0.3) is 28.2 Å². The molecule has 0 saturated heterocycles. The first-order chi connectivity index (χ1) is 20.4. The Morgan fingerprint density at radius 2 is 1.58 bits per heavy atom. The van der Waals surface area contributed by atoms with Gasteiger partial charge in [0, 0.05) is 68.9 Å². The molecule has 0 aliphatic rings. The van der Waals surface area contributed by atoms with Gasteiger partial charge in [-0.2, -0.15) is 0 Å². The van der Waals surface area contributed by atoms with Gasteiger partial charge in [-0.05, 0) is 67.1 Å². The molecule has 43 heavy (non-hydrogen) atoms. The summed E-state index contributed by atoms with van der Waals surface area (Å²) in [5.74, 6) is 1.25. The summed E-state index contributed by atoms with van der Waals surface area (Å²) in [7, 11) is 0. The molecule has 0 amide bonds. The average Bonchev–Trinajstić information content (AvgIpc) is 3.45. The van der Waals surface area contributed by atoms with Gasteiger partial charge in [-0.15, -0.1) is 0 Å². The Hall–Kier alpha value is -3.08. The first-order valence-corrected chi connectivity index (χ1v) is 14.5. The molecule has 5 aromatic rings. The van der Waals surface area contributed by atoms with Gasteiger partial charge in [0.15, 0.2) is 5.82 Å². The molecule has 0 atom stereocenters. The summed E-state index contributed by atoms with van der Waals surface area (Å²) < 4.78 is 12.5. The monoisotopic (exact) mass is 603 g/mol. The van der Waals surface area contributed by atoms with Crippen molar-refractivity contribution in [2.75, 3.05) is 0 Å². The molecule has 0 aliphatic carbocycles. The van der Waals surface area contributed by atoms with Crippen LogP contribution in [0.3, 0.4) is 0 Å². The summed E-state index contributed by atoms with van der Waals surface area (Å²) in [4.78, 5) is 33.0. The van der Waals surface area contributed by atoms with Gasteiger partial charge < -0.3 is 4.74 Å². The van der Waals surface area contributed by atoms with Crippen LogP contribution in [-0.2, 0) is 12.8 Å². The van der Waals surface area contributed by atoms with Crippen LogP contribution < -0.4 is 16.1 Å². The summed E-state index contributed by atoms with van der Waals surface area (Å²) in [5.41, 5.74) is 5.91. The predicted molar refractivity (Wildman–Crippen MR) is 170 cm³/mol. The van der Waals surface area contributed by atoms with Gasteiger partial charge in [-0.1, -0.05) is 80.9 Å². The quantitative estimate of drug-likeness (QED) is 0.178. The molecule has 0 spiro atoms. The fourth-order valence-electron chi connectivity index (χ4n) is 5.26. The molecule has 217 valence electrons. The van der Waals surface area contributed by atoms with Crippen molar-refractivity contribution in [3.8, 4) is 34.0 Å². The summed E-state index contributed by atoms with van der Waals surface area (Å²) in [6, 6.07) is 23.5. The van der Waals surface area contributed by atoms with Gasteiger partial charge in [-0.3, -0.25) is 18.9 Å². The molecule has 2 aromatic heterocycles. The molecule has 1 radical (unpaired) electrons. The van der Waals surface area contributed by atoms with E-state index in [4.69, 9.17) is 14.2 Å². The Bertz CT molecular complexity index is 1770. The maximum atomic E-state index is 14.0. The molecule has 2 heterocycles. The SMILES string of the molecule is CCCc1nc(C)n(-c2ccc(OC(CC)CC)cc2)c(=O)c1Cc1ccc(-c2ccccc2-c2noc(=O)[nH]2)cc1.[K]. The van der Waals surface area contributed by atoms with Crippen molar-refractivity contribution in [2.45, 2.75) is 65.9 Å². The first kappa shape index (κ1) is 32.8. The zero-order chi connectivity index (χ0) is 29.6. The third-order valence-corrected chi connectivity index (χ3v) is 7.49. The topological polar surface area (TPSA) is 103 Å². The molecular formula is C34H36KN4O4. The van der Waals surface area contributed by atoms with Crippen molar-refractivity contribution >= 4 is 51.4 Å². The summed E-state index contributed by atoms with van der Waals surface area (Å²) >= 11 is 0. The van der Waals surface area contributed by atoms with Crippen LogP contribution in [0.4, 0.5) is 0 Å². The number of ether oxygens (including phenoxy) is 1. The van der Waals surface area contributed by atoms with Crippen LogP contribution in [-0.4, -0.2) is 77.2 Å². The van der Waals surface area contributed by atoms with E-state index in [0.29, 0.717) is 23.6 Å². The summed E-state index contributed by atoms with van der Waals surface area (Å²) in [5, 5.41) is 3.85. The van der Waals surface area contributed by atoms with Crippen LogP contribution >= 0.6 is 0 Å². The van der Waals surface area contributed by atoms with Crippen molar-refractivity contribution in [1.82, 2.24) is 19.7 Å². The van der Waals surface area contributed by atoms with Crippen molar-refractivity contribution in [2.24, 2.45) is 0 Å². The van der Waals surface area contributed by atoms with E-state index in [-0.39, 0.29) is 63.0 Å². The number of hydrogen-bond acceptors (Lipinski definition) is 6. The molecule has 9 heteroatoms. The molecule has 0 aliphatic heterocycles. The third kappa shape index (κ3) is 7.53. The molecule has 0 unspecified atom stereocenters. The van der Waals surface area contributed by atoms with Gasteiger partial charge >= 0.3 is 5.76 Å². The third-order valence-electron chi connectivity index (χ3n) is 7.49. The molecule has 3 aromatic carbocycles. The van der Waals surface area contributed by atoms with Gasteiger partial charge in [0.2, 0.25) is 0 Å². The maximum absolute atomic E-state index is 14.0. The minimum Gasteiger partial charge on any atom is -0.490 e. The Balaban J connectivity index is 0.00000423. The molecule has 0 saturated carbocycles. The number of nitrogens with one attached hydrogen (secondary N) is 1. The van der Waals surface area contributed by atoms with Crippen LogP contribution in [0.5, 0.6) is 5.75 Å². The number of H-pyrrole nitrogens is 1. The molecule has 1 N–H and O–H groups in total. The van der Waals surface area contributed by atoms with Gasteiger partial charge in [0.25, 0.3) is 5.56 Å². The maximum Gasteiger partial charge on any atom is 0.439 e. The largest absolute Gasteiger partial charge is 0.490 e. The normalized spacial score (nSPS) is 11.0. The zero-order valence-corrected chi connectivity index (χ0v) is 28.6. The van der Waals surface area contributed by atoms with Crippen LogP contribution in [0.2, 0.25) is 0 Å². The number of benzene rings is 3. The number of rotatable bonds is 11. The minimum absolute atomic E-state index is 0. The van der Waals surface area contributed by atoms with Gasteiger partial charge in [0.1, 0.15) is 11.6 Å². The number of aromatic nitrogens is 4. The zero-order valence-electron chi connectivity index (χ0n) is 25.5. The Kier molecular flexibility index (Phi) is 11.5. The second kappa shape index (κ2) is 15.1. The van der Waals surface area contributed by atoms with Crippen molar-refractivity contribution < 1.29 is 9.26 Å². The number of nitrogens with zero attached hydrogens (tertiary/aromatic N) is 3. The van der Waals surface area contributed by atoms with Crippen LogP contribution in [0.15, 0.2) is 86.9 Å². The van der Waals surface area contributed by atoms with E-state index < -0.39 is 5.76 Å². The fourth-order valence-corrected chi connectivity index (χ4v) is 5.26. The van der Waals surface area contributed by atoms with Gasteiger partial charge in [-0.25, -0.2) is 9.78 Å². The van der Waals surface area contributed by atoms with E-state index in [1.165, 1.54) is 0 Å². The minimum atomic E-state index is -0.596. The molecule has 5 rings (SSSR count). The van der Waals surface area contributed by atoms with E-state index in [0.717, 1.165) is 65.1 Å². The standard InChI is InChI=1S/C34H36N4O4.K/c1-5-10-31-30(33(39)38(22(4)35-31)25-17-19-27(20-18-25)41-26(6-2)7-3)21-23-13-15-24(16-14-23)28-11-8-9-12-29(28)32-36-34(40)42-37-32;/h8-9,11-20,26H,5-7,10,21H2,1-4H3,(H,36,37,40);.